The SMILES string of the molecule is C#CCCC(NC)C1CCC(C)CC1. The van der Waals surface area contributed by atoms with Crippen LogP contribution < -0.4 is 5.32 Å². The lowest BCUT2D eigenvalue weighted by Gasteiger charge is -2.32. The molecule has 0 aromatic carbocycles. The molecule has 0 bridgehead atoms. The van der Waals surface area contributed by atoms with E-state index in [1.54, 1.807) is 0 Å². The minimum Gasteiger partial charge on any atom is -0.317 e. The number of terminal acetylenes is 1. The Morgan fingerprint density at radius 1 is 1.36 bits per heavy atom. The van der Waals surface area contributed by atoms with E-state index in [1.807, 2.05) is 0 Å². The van der Waals surface area contributed by atoms with E-state index >= 15 is 0 Å². The van der Waals surface area contributed by atoms with Crippen LogP contribution in [-0.2, 0) is 0 Å². The van der Waals surface area contributed by atoms with Gasteiger partial charge in [0.15, 0.2) is 0 Å². The molecule has 0 radical (unpaired) electrons. The van der Waals surface area contributed by atoms with E-state index in [4.69, 9.17) is 6.42 Å². The molecule has 1 N–H and O–H groups in total. The number of rotatable bonds is 4. The van der Waals surface area contributed by atoms with Gasteiger partial charge in [-0.05, 0) is 38.1 Å². The topological polar surface area (TPSA) is 12.0 Å². The summed E-state index contributed by atoms with van der Waals surface area (Å²) in [7, 11) is 2.07. The Morgan fingerprint density at radius 2 is 2.00 bits per heavy atom. The van der Waals surface area contributed by atoms with E-state index in [9.17, 15) is 0 Å². The van der Waals surface area contributed by atoms with Crippen molar-refractivity contribution >= 4 is 0 Å². The van der Waals surface area contributed by atoms with Gasteiger partial charge in [0, 0.05) is 12.5 Å². The monoisotopic (exact) mass is 193 g/mol. The van der Waals surface area contributed by atoms with Gasteiger partial charge < -0.3 is 5.32 Å². The summed E-state index contributed by atoms with van der Waals surface area (Å²) in [6.45, 7) is 2.37. The van der Waals surface area contributed by atoms with Crippen molar-refractivity contribution in [3.8, 4) is 12.3 Å². The van der Waals surface area contributed by atoms with Crippen molar-refractivity contribution in [2.75, 3.05) is 7.05 Å². The highest BCUT2D eigenvalue weighted by Crippen LogP contribution is 2.31. The first-order valence-corrected chi connectivity index (χ1v) is 5.88. The largest absolute Gasteiger partial charge is 0.317 e. The summed E-state index contributed by atoms with van der Waals surface area (Å²) in [6, 6.07) is 0.651. The molecule has 0 heterocycles. The summed E-state index contributed by atoms with van der Waals surface area (Å²) >= 11 is 0. The predicted molar refractivity (Wildman–Crippen MR) is 62.0 cm³/mol. The van der Waals surface area contributed by atoms with Gasteiger partial charge in [-0.1, -0.05) is 19.8 Å². The Morgan fingerprint density at radius 3 is 2.50 bits per heavy atom. The van der Waals surface area contributed by atoms with Gasteiger partial charge in [0.2, 0.25) is 0 Å². The van der Waals surface area contributed by atoms with Crippen molar-refractivity contribution in [2.45, 2.75) is 51.5 Å². The van der Waals surface area contributed by atoms with E-state index in [0.717, 1.165) is 24.7 Å². The second kappa shape index (κ2) is 6.09. The third-order valence-corrected chi connectivity index (χ3v) is 3.60. The summed E-state index contributed by atoms with van der Waals surface area (Å²) in [4.78, 5) is 0. The van der Waals surface area contributed by atoms with Crippen LogP contribution in [0.15, 0.2) is 0 Å². The number of nitrogens with one attached hydrogen (secondary N) is 1. The van der Waals surface area contributed by atoms with Crippen molar-refractivity contribution in [2.24, 2.45) is 11.8 Å². The van der Waals surface area contributed by atoms with E-state index in [1.165, 1.54) is 25.7 Å². The Labute approximate surface area is 88.7 Å². The summed E-state index contributed by atoms with van der Waals surface area (Å²) in [5, 5.41) is 3.43. The van der Waals surface area contributed by atoms with Crippen molar-refractivity contribution < 1.29 is 0 Å². The van der Waals surface area contributed by atoms with Gasteiger partial charge in [-0.3, -0.25) is 0 Å². The minimum absolute atomic E-state index is 0.651. The second-order valence-electron chi connectivity index (χ2n) is 4.66. The summed E-state index contributed by atoms with van der Waals surface area (Å²) in [5.41, 5.74) is 0. The molecule has 0 saturated heterocycles. The first kappa shape index (κ1) is 11.6. The van der Waals surface area contributed by atoms with Crippen LogP contribution in [0.25, 0.3) is 0 Å². The normalized spacial score (nSPS) is 29.5. The van der Waals surface area contributed by atoms with Crippen LogP contribution in [0.3, 0.4) is 0 Å². The van der Waals surface area contributed by atoms with Gasteiger partial charge in [0.05, 0.1) is 0 Å². The van der Waals surface area contributed by atoms with Gasteiger partial charge in [0.1, 0.15) is 0 Å². The molecule has 0 aliphatic heterocycles. The van der Waals surface area contributed by atoms with Crippen LogP contribution in [-0.4, -0.2) is 13.1 Å². The molecule has 0 amide bonds. The summed E-state index contributed by atoms with van der Waals surface area (Å²) in [6.07, 6.45) is 12.9. The smallest absolute Gasteiger partial charge is 0.0101 e. The lowest BCUT2D eigenvalue weighted by molar-refractivity contribution is 0.230. The summed E-state index contributed by atoms with van der Waals surface area (Å²) < 4.78 is 0. The Balaban J connectivity index is 2.33. The molecular formula is C13H23N. The molecule has 1 fully saturated rings. The first-order chi connectivity index (χ1) is 6.77. The molecule has 1 heteroatoms. The molecule has 1 atom stereocenters. The van der Waals surface area contributed by atoms with Crippen LogP contribution >= 0.6 is 0 Å². The van der Waals surface area contributed by atoms with Gasteiger partial charge in [-0.25, -0.2) is 0 Å². The van der Waals surface area contributed by atoms with E-state index in [2.05, 4.69) is 25.2 Å². The summed E-state index contributed by atoms with van der Waals surface area (Å²) in [5.74, 6) is 4.55. The quantitative estimate of drug-likeness (QED) is 0.677. The van der Waals surface area contributed by atoms with Gasteiger partial charge in [0.25, 0.3) is 0 Å². The van der Waals surface area contributed by atoms with Crippen molar-refractivity contribution in [3.05, 3.63) is 0 Å². The van der Waals surface area contributed by atoms with Gasteiger partial charge in [-0.2, -0.15) is 0 Å². The van der Waals surface area contributed by atoms with Crippen molar-refractivity contribution in [1.29, 1.82) is 0 Å². The average molecular weight is 193 g/mol. The number of hydrogen-bond acceptors (Lipinski definition) is 1. The Hall–Kier alpha value is -0.480. The standard InChI is InChI=1S/C13H23N/c1-4-5-6-13(14-3)12-9-7-11(2)8-10-12/h1,11-14H,5-10H2,2-3H3. The fraction of sp³-hybridized carbons (Fsp3) is 0.846. The molecule has 1 saturated carbocycles. The first-order valence-electron chi connectivity index (χ1n) is 5.88. The molecule has 80 valence electrons. The molecule has 1 aliphatic carbocycles. The third kappa shape index (κ3) is 3.35. The van der Waals surface area contributed by atoms with Crippen LogP contribution in [0, 0.1) is 24.2 Å². The van der Waals surface area contributed by atoms with Gasteiger partial charge >= 0.3 is 0 Å². The van der Waals surface area contributed by atoms with Crippen LogP contribution in [0.1, 0.15) is 45.4 Å². The maximum atomic E-state index is 5.31. The molecule has 1 unspecified atom stereocenters. The minimum atomic E-state index is 0.651. The fourth-order valence-electron chi connectivity index (χ4n) is 2.54. The zero-order valence-corrected chi connectivity index (χ0v) is 9.55. The molecule has 0 aromatic rings. The molecule has 14 heavy (non-hydrogen) atoms. The van der Waals surface area contributed by atoms with Gasteiger partial charge in [-0.15, -0.1) is 12.3 Å². The molecule has 0 spiro atoms. The highest BCUT2D eigenvalue weighted by molar-refractivity contribution is 4.88. The van der Waals surface area contributed by atoms with E-state index in [-0.39, 0.29) is 0 Å². The zero-order chi connectivity index (χ0) is 10.4. The molecule has 1 aliphatic rings. The Bertz CT molecular complexity index is 184. The molecule has 1 rings (SSSR count). The van der Waals surface area contributed by atoms with E-state index in [0.29, 0.717) is 6.04 Å². The highest BCUT2D eigenvalue weighted by atomic mass is 14.9. The Kier molecular flexibility index (Phi) is 5.04. The van der Waals surface area contributed by atoms with Crippen LogP contribution in [0.5, 0.6) is 0 Å². The molecule has 1 nitrogen and oxygen atoms in total. The number of hydrogen-bond donors (Lipinski definition) is 1. The second-order valence-corrected chi connectivity index (χ2v) is 4.66. The maximum Gasteiger partial charge on any atom is 0.0101 e. The lowest BCUT2D eigenvalue weighted by Crippen LogP contribution is -2.35. The maximum absolute atomic E-state index is 5.31. The van der Waals surface area contributed by atoms with Crippen molar-refractivity contribution in [3.63, 3.8) is 0 Å². The fourth-order valence-corrected chi connectivity index (χ4v) is 2.54. The molecule has 0 aromatic heterocycles. The zero-order valence-electron chi connectivity index (χ0n) is 9.55. The average Bonchev–Trinajstić information content (AvgIpc) is 2.21. The van der Waals surface area contributed by atoms with Crippen molar-refractivity contribution in [1.82, 2.24) is 5.32 Å². The van der Waals surface area contributed by atoms with Crippen LogP contribution in [0.2, 0.25) is 0 Å². The third-order valence-electron chi connectivity index (χ3n) is 3.60. The highest BCUT2D eigenvalue weighted by Gasteiger charge is 2.24. The molecular weight excluding hydrogens is 170 g/mol. The van der Waals surface area contributed by atoms with E-state index < -0.39 is 0 Å². The van der Waals surface area contributed by atoms with Crippen LogP contribution in [0.4, 0.5) is 0 Å². The predicted octanol–water partition coefficient (Wildman–Crippen LogP) is 2.81. The lowest BCUT2D eigenvalue weighted by atomic mass is 9.78.